The Kier molecular flexibility index (Phi) is 5.36. The number of amides is 1. The molecule has 1 amide bonds. The number of phenols is 1. The minimum absolute atomic E-state index is 0.141. The number of halogens is 3. The summed E-state index contributed by atoms with van der Waals surface area (Å²) in [7, 11) is 0. The van der Waals surface area contributed by atoms with Crippen LogP contribution in [-0.2, 0) is 0 Å². The van der Waals surface area contributed by atoms with Gasteiger partial charge in [-0.3, -0.25) is 4.79 Å². The lowest BCUT2D eigenvalue weighted by Crippen LogP contribution is -2.24. The van der Waals surface area contributed by atoms with Crippen molar-refractivity contribution in [2.75, 3.05) is 6.54 Å². The molecule has 0 aliphatic heterocycles. The Morgan fingerprint density at radius 3 is 2.53 bits per heavy atom. The average Bonchev–Trinajstić information content (AvgIpc) is 2.15. The molecule has 0 aliphatic rings. The normalized spacial score (nSPS) is 10.1. The number of hydrogen-bond donors (Lipinski definition) is 2. The maximum Gasteiger partial charge on any atom is 0.253 e. The number of phenolic OH excluding ortho intramolecular Hbond substituents is 1. The van der Waals surface area contributed by atoms with Crippen molar-refractivity contribution in [1.29, 1.82) is 0 Å². The topological polar surface area (TPSA) is 49.3 Å². The first-order chi connectivity index (χ1) is 6.99. The lowest BCUT2D eigenvalue weighted by atomic mass is 10.2. The van der Waals surface area contributed by atoms with Crippen molar-refractivity contribution in [1.82, 2.24) is 5.32 Å². The molecule has 0 spiro atoms. The summed E-state index contributed by atoms with van der Waals surface area (Å²) in [5.74, 6) is 0.0378. The van der Waals surface area contributed by atoms with Crippen LogP contribution in [-0.4, -0.2) is 17.6 Å². The van der Waals surface area contributed by atoms with Gasteiger partial charge in [0.2, 0.25) is 0 Å². The Morgan fingerprint density at radius 1 is 1.40 bits per heavy atom. The fourth-order valence-electron chi connectivity index (χ4n) is 1.04. The minimum atomic E-state index is -0.141. The Morgan fingerprint density at radius 2 is 2.00 bits per heavy atom. The Bertz CT molecular complexity index is 407. The maximum absolute atomic E-state index is 11.7. The van der Waals surface area contributed by atoms with E-state index in [0.29, 0.717) is 15.7 Å². The van der Waals surface area contributed by atoms with Crippen molar-refractivity contribution < 1.29 is 9.90 Å². The first-order valence-corrected chi connectivity index (χ1v) is 7.37. The highest BCUT2D eigenvalue weighted by Gasteiger charge is 2.18. The second-order valence-corrected chi connectivity index (χ2v) is 6.14. The molecule has 0 unspecified atom stereocenters. The largest absolute Gasteiger partial charge is 0.506 e. The fourth-order valence-corrected chi connectivity index (χ4v) is 4.90. The van der Waals surface area contributed by atoms with Crippen LogP contribution >= 0.6 is 67.8 Å². The van der Waals surface area contributed by atoms with Crippen LogP contribution in [0.1, 0.15) is 17.3 Å². The van der Waals surface area contributed by atoms with E-state index in [1.54, 1.807) is 6.07 Å². The minimum Gasteiger partial charge on any atom is -0.506 e. The van der Waals surface area contributed by atoms with Crippen LogP contribution in [0, 0.1) is 10.7 Å². The van der Waals surface area contributed by atoms with Gasteiger partial charge in [-0.05, 0) is 80.8 Å². The summed E-state index contributed by atoms with van der Waals surface area (Å²) in [5.41, 5.74) is 0.552. The fraction of sp³-hybridized carbons (Fsp3) is 0.222. The molecular formula is C9H8I3NO2. The molecule has 0 radical (unpaired) electrons. The van der Waals surface area contributed by atoms with Gasteiger partial charge in [-0.15, -0.1) is 0 Å². The van der Waals surface area contributed by atoms with E-state index in [2.05, 4.69) is 27.9 Å². The summed E-state index contributed by atoms with van der Waals surface area (Å²) in [6, 6.07) is 1.79. The number of hydrogen-bond acceptors (Lipinski definition) is 2. The predicted octanol–water partition coefficient (Wildman–Crippen LogP) is 2.96. The third-order valence-electron chi connectivity index (χ3n) is 1.71. The Hall–Kier alpha value is 0.680. The summed E-state index contributed by atoms with van der Waals surface area (Å²) in [6.07, 6.45) is 0. The first kappa shape index (κ1) is 13.7. The lowest BCUT2D eigenvalue weighted by Gasteiger charge is -2.10. The van der Waals surface area contributed by atoms with Gasteiger partial charge < -0.3 is 10.4 Å². The molecule has 0 saturated heterocycles. The maximum atomic E-state index is 11.7. The van der Waals surface area contributed by atoms with Gasteiger partial charge in [-0.2, -0.15) is 0 Å². The molecule has 82 valence electrons. The molecular weight excluding hydrogens is 535 g/mol. The highest BCUT2D eigenvalue weighted by molar-refractivity contribution is 14.1. The van der Waals surface area contributed by atoms with Gasteiger partial charge in [-0.25, -0.2) is 0 Å². The molecule has 0 saturated carbocycles. The second-order valence-electron chi connectivity index (χ2n) is 2.74. The molecule has 3 nitrogen and oxygen atoms in total. The van der Waals surface area contributed by atoms with Crippen molar-refractivity contribution in [2.45, 2.75) is 6.92 Å². The number of nitrogens with one attached hydrogen (secondary N) is 1. The highest BCUT2D eigenvalue weighted by atomic mass is 127. The van der Waals surface area contributed by atoms with Crippen LogP contribution in [0.5, 0.6) is 5.75 Å². The molecule has 1 aromatic carbocycles. The van der Waals surface area contributed by atoms with Gasteiger partial charge >= 0.3 is 0 Å². The van der Waals surface area contributed by atoms with Crippen LogP contribution in [0.15, 0.2) is 6.07 Å². The summed E-state index contributed by atoms with van der Waals surface area (Å²) >= 11 is 6.14. The molecule has 6 heteroatoms. The molecule has 0 bridgehead atoms. The summed E-state index contributed by atoms with van der Waals surface area (Å²) in [6.45, 7) is 2.45. The van der Waals surface area contributed by atoms with Gasteiger partial charge in [0.1, 0.15) is 5.75 Å². The molecule has 0 aliphatic carbocycles. The zero-order valence-electron chi connectivity index (χ0n) is 7.77. The van der Waals surface area contributed by atoms with Gasteiger partial charge in [0.05, 0.1) is 12.7 Å². The van der Waals surface area contributed by atoms with E-state index >= 15 is 0 Å². The molecule has 0 atom stereocenters. The molecule has 15 heavy (non-hydrogen) atoms. The predicted molar refractivity (Wildman–Crippen MR) is 84.3 cm³/mol. The van der Waals surface area contributed by atoms with Crippen molar-refractivity contribution in [3.05, 3.63) is 22.3 Å². The van der Waals surface area contributed by atoms with E-state index in [1.807, 2.05) is 52.1 Å². The average molecular weight is 543 g/mol. The quantitative estimate of drug-likeness (QED) is 0.565. The number of rotatable bonds is 2. The molecule has 0 heterocycles. The highest BCUT2D eigenvalue weighted by Crippen LogP contribution is 2.32. The zero-order chi connectivity index (χ0) is 11.6. The molecule has 0 aromatic heterocycles. The standard InChI is InChI=1S/C9H8I3NO2/c1-2-13-9(15)6-4(10)3-5(11)8(14)7(6)12/h3,14H,2H2,1H3,(H,13,15). The monoisotopic (exact) mass is 543 g/mol. The Labute approximate surface area is 129 Å². The summed E-state index contributed by atoms with van der Waals surface area (Å²) in [4.78, 5) is 11.7. The van der Waals surface area contributed by atoms with Gasteiger partial charge in [-0.1, -0.05) is 0 Å². The van der Waals surface area contributed by atoms with E-state index < -0.39 is 0 Å². The van der Waals surface area contributed by atoms with Gasteiger partial charge in [0.15, 0.2) is 0 Å². The van der Waals surface area contributed by atoms with E-state index in [9.17, 15) is 9.90 Å². The van der Waals surface area contributed by atoms with Crippen LogP contribution in [0.4, 0.5) is 0 Å². The van der Waals surface area contributed by atoms with E-state index in [-0.39, 0.29) is 11.7 Å². The molecule has 1 rings (SSSR count). The van der Waals surface area contributed by atoms with Crippen LogP contribution < -0.4 is 5.32 Å². The number of benzene rings is 1. The van der Waals surface area contributed by atoms with E-state index in [0.717, 1.165) is 7.14 Å². The van der Waals surface area contributed by atoms with Gasteiger partial charge in [0, 0.05) is 10.1 Å². The van der Waals surface area contributed by atoms with E-state index in [1.165, 1.54) is 0 Å². The van der Waals surface area contributed by atoms with Crippen LogP contribution in [0.25, 0.3) is 0 Å². The molecule has 2 N–H and O–H groups in total. The first-order valence-electron chi connectivity index (χ1n) is 4.13. The summed E-state index contributed by atoms with van der Waals surface area (Å²) < 4.78 is 2.22. The van der Waals surface area contributed by atoms with Gasteiger partial charge in [0.25, 0.3) is 5.91 Å². The summed E-state index contributed by atoms with van der Waals surface area (Å²) in [5, 5.41) is 12.5. The van der Waals surface area contributed by atoms with Crippen molar-refractivity contribution in [3.63, 3.8) is 0 Å². The van der Waals surface area contributed by atoms with Crippen LogP contribution in [0.2, 0.25) is 0 Å². The molecule has 1 aromatic rings. The second kappa shape index (κ2) is 5.84. The van der Waals surface area contributed by atoms with Crippen molar-refractivity contribution in [2.24, 2.45) is 0 Å². The van der Waals surface area contributed by atoms with E-state index in [4.69, 9.17) is 0 Å². The third-order valence-corrected chi connectivity index (χ3v) is 4.43. The SMILES string of the molecule is CCNC(=O)c1c(I)cc(I)c(O)c1I. The third kappa shape index (κ3) is 3.08. The Balaban J connectivity index is 3.29. The number of carbonyl (C=O) groups is 1. The van der Waals surface area contributed by atoms with Crippen LogP contribution in [0.3, 0.4) is 0 Å². The lowest BCUT2D eigenvalue weighted by molar-refractivity contribution is 0.0953. The number of carbonyl (C=O) groups excluding carboxylic acids is 1. The molecule has 0 fully saturated rings. The smallest absolute Gasteiger partial charge is 0.253 e. The van der Waals surface area contributed by atoms with Crippen molar-refractivity contribution >= 4 is 73.7 Å². The zero-order valence-corrected chi connectivity index (χ0v) is 14.2. The van der Waals surface area contributed by atoms with Crippen molar-refractivity contribution in [3.8, 4) is 5.75 Å². The number of aromatic hydroxyl groups is 1.